The molecule has 0 spiro atoms. The number of carbonyl (C=O) groups is 2. The molecule has 2 heterocycles. The van der Waals surface area contributed by atoms with E-state index in [1.807, 2.05) is 4.90 Å². The first-order valence-corrected chi connectivity index (χ1v) is 8.11. The minimum atomic E-state index is -0.267. The van der Waals surface area contributed by atoms with Gasteiger partial charge >= 0.3 is 0 Å². The van der Waals surface area contributed by atoms with Crippen molar-refractivity contribution in [2.45, 2.75) is 38.1 Å². The lowest BCUT2D eigenvalue weighted by Gasteiger charge is -2.23. The third kappa shape index (κ3) is 2.67. The Kier molecular flexibility index (Phi) is 3.48. The van der Waals surface area contributed by atoms with Crippen LogP contribution in [0.5, 0.6) is 0 Å². The molecule has 0 radical (unpaired) electrons. The lowest BCUT2D eigenvalue weighted by Crippen LogP contribution is -2.35. The predicted molar refractivity (Wildman–Crippen MR) is 84.6 cm³/mol. The van der Waals surface area contributed by atoms with Crippen molar-refractivity contribution in [3.8, 4) is 0 Å². The van der Waals surface area contributed by atoms with E-state index in [1.54, 1.807) is 18.2 Å². The van der Waals surface area contributed by atoms with E-state index in [2.05, 4.69) is 20.7 Å². The molecule has 1 aromatic heterocycles. The first-order chi connectivity index (χ1) is 11.2. The number of aromatic amines is 1. The second-order valence-electron chi connectivity index (χ2n) is 6.40. The smallest absolute Gasteiger partial charge is 0.229 e. The number of hydrogen-bond acceptors (Lipinski definition) is 4. The molecule has 120 valence electrons. The molecule has 2 N–H and O–H groups in total. The van der Waals surface area contributed by atoms with E-state index in [9.17, 15) is 9.59 Å². The number of hydrogen-bond donors (Lipinski definition) is 2. The Morgan fingerprint density at radius 3 is 2.83 bits per heavy atom. The number of amides is 2. The van der Waals surface area contributed by atoms with Crippen molar-refractivity contribution in [3.05, 3.63) is 18.2 Å². The minimum Gasteiger partial charge on any atom is -0.339 e. The van der Waals surface area contributed by atoms with Gasteiger partial charge in [-0.05, 0) is 31.0 Å². The zero-order chi connectivity index (χ0) is 15.8. The van der Waals surface area contributed by atoms with Crippen LogP contribution in [0.25, 0.3) is 11.0 Å². The molecule has 2 amide bonds. The van der Waals surface area contributed by atoms with Crippen molar-refractivity contribution in [1.82, 2.24) is 20.3 Å². The minimum absolute atomic E-state index is 0.0957. The molecule has 1 atom stereocenters. The molecule has 2 aliphatic rings. The Balaban J connectivity index is 1.43. The molecular weight excluding hydrogens is 294 g/mol. The van der Waals surface area contributed by atoms with Crippen LogP contribution in [0.15, 0.2) is 18.2 Å². The Labute approximate surface area is 133 Å². The molecular formula is C16H19N5O2. The topological polar surface area (TPSA) is 91.0 Å². The molecule has 7 nitrogen and oxygen atoms in total. The van der Waals surface area contributed by atoms with Gasteiger partial charge in [0, 0.05) is 24.7 Å². The number of rotatable bonds is 3. The van der Waals surface area contributed by atoms with Crippen molar-refractivity contribution in [1.29, 1.82) is 0 Å². The summed E-state index contributed by atoms with van der Waals surface area (Å²) in [5, 5.41) is 13.4. The van der Waals surface area contributed by atoms with Crippen LogP contribution < -0.4 is 5.32 Å². The van der Waals surface area contributed by atoms with E-state index >= 15 is 0 Å². The van der Waals surface area contributed by atoms with Gasteiger partial charge in [0.25, 0.3) is 0 Å². The number of nitrogens with one attached hydrogen (secondary N) is 2. The van der Waals surface area contributed by atoms with Gasteiger partial charge in [0.1, 0.15) is 11.0 Å². The van der Waals surface area contributed by atoms with E-state index in [1.165, 1.54) is 12.8 Å². The number of carbonyl (C=O) groups excluding carboxylic acids is 2. The van der Waals surface area contributed by atoms with Crippen LogP contribution in [0.3, 0.4) is 0 Å². The van der Waals surface area contributed by atoms with E-state index in [4.69, 9.17) is 0 Å². The normalized spacial score (nSPS) is 22.2. The number of aromatic nitrogens is 3. The SMILES string of the molecule is O=C(Nc1ccc2n[nH]nc2c1)C1CC(=O)N(C2CCCC2)C1. The van der Waals surface area contributed by atoms with Crippen molar-refractivity contribution in [3.63, 3.8) is 0 Å². The highest BCUT2D eigenvalue weighted by atomic mass is 16.2. The maximum atomic E-state index is 12.5. The van der Waals surface area contributed by atoms with Crippen LogP contribution in [-0.4, -0.2) is 44.7 Å². The molecule has 1 aliphatic carbocycles. The van der Waals surface area contributed by atoms with Gasteiger partial charge in [0.2, 0.25) is 11.8 Å². The summed E-state index contributed by atoms with van der Waals surface area (Å²) >= 11 is 0. The number of likely N-dealkylation sites (tertiary alicyclic amines) is 1. The largest absolute Gasteiger partial charge is 0.339 e. The van der Waals surface area contributed by atoms with Crippen LogP contribution >= 0.6 is 0 Å². The summed E-state index contributed by atoms with van der Waals surface area (Å²) in [6.07, 6.45) is 4.83. The van der Waals surface area contributed by atoms with E-state index in [0.29, 0.717) is 30.2 Å². The van der Waals surface area contributed by atoms with Gasteiger partial charge in [-0.25, -0.2) is 0 Å². The highest BCUT2D eigenvalue weighted by molar-refractivity contribution is 5.98. The van der Waals surface area contributed by atoms with Gasteiger partial charge in [-0.15, -0.1) is 0 Å². The first kappa shape index (κ1) is 14.2. The second-order valence-corrected chi connectivity index (χ2v) is 6.40. The predicted octanol–water partition coefficient (Wildman–Crippen LogP) is 1.69. The molecule has 1 unspecified atom stereocenters. The Hall–Kier alpha value is -2.44. The van der Waals surface area contributed by atoms with E-state index < -0.39 is 0 Å². The Morgan fingerprint density at radius 2 is 2.00 bits per heavy atom. The summed E-state index contributed by atoms with van der Waals surface area (Å²) in [7, 11) is 0. The van der Waals surface area contributed by atoms with Crippen molar-refractivity contribution >= 4 is 28.5 Å². The molecule has 0 bridgehead atoms. The zero-order valence-electron chi connectivity index (χ0n) is 12.8. The second kappa shape index (κ2) is 5.64. The van der Waals surface area contributed by atoms with Crippen LogP contribution in [0.1, 0.15) is 32.1 Å². The Bertz CT molecular complexity index is 750. The number of anilines is 1. The molecule has 4 rings (SSSR count). The molecule has 23 heavy (non-hydrogen) atoms. The number of nitrogens with zero attached hydrogens (tertiary/aromatic N) is 3. The number of benzene rings is 1. The van der Waals surface area contributed by atoms with E-state index in [-0.39, 0.29) is 17.7 Å². The fourth-order valence-electron chi connectivity index (χ4n) is 3.64. The van der Waals surface area contributed by atoms with Crippen molar-refractivity contribution < 1.29 is 9.59 Å². The summed E-state index contributed by atoms with van der Waals surface area (Å²) in [5.41, 5.74) is 2.15. The third-order valence-electron chi connectivity index (χ3n) is 4.88. The van der Waals surface area contributed by atoms with Crippen LogP contribution in [-0.2, 0) is 9.59 Å². The Morgan fingerprint density at radius 1 is 1.22 bits per heavy atom. The van der Waals surface area contributed by atoms with Crippen LogP contribution in [0, 0.1) is 5.92 Å². The highest BCUT2D eigenvalue weighted by Crippen LogP contribution is 2.30. The molecule has 1 aliphatic heterocycles. The van der Waals surface area contributed by atoms with Gasteiger partial charge in [0.15, 0.2) is 0 Å². The van der Waals surface area contributed by atoms with Gasteiger partial charge in [-0.1, -0.05) is 12.8 Å². The quantitative estimate of drug-likeness (QED) is 0.902. The summed E-state index contributed by atoms with van der Waals surface area (Å²) in [6, 6.07) is 5.72. The monoisotopic (exact) mass is 313 g/mol. The van der Waals surface area contributed by atoms with Gasteiger partial charge in [-0.2, -0.15) is 15.4 Å². The van der Waals surface area contributed by atoms with Gasteiger partial charge in [-0.3, -0.25) is 9.59 Å². The van der Waals surface area contributed by atoms with Gasteiger partial charge in [0.05, 0.1) is 5.92 Å². The molecule has 7 heteroatoms. The number of fused-ring (bicyclic) bond motifs is 1. The summed E-state index contributed by atoms with van der Waals surface area (Å²) in [5.74, 6) is -0.248. The highest BCUT2D eigenvalue weighted by Gasteiger charge is 2.38. The molecule has 1 aromatic carbocycles. The lowest BCUT2D eigenvalue weighted by atomic mass is 10.1. The van der Waals surface area contributed by atoms with E-state index in [0.717, 1.165) is 18.4 Å². The first-order valence-electron chi connectivity index (χ1n) is 8.11. The summed E-state index contributed by atoms with van der Waals surface area (Å²) < 4.78 is 0. The zero-order valence-corrected chi connectivity index (χ0v) is 12.8. The average Bonchev–Trinajstić information content (AvgIpc) is 3.26. The molecule has 2 fully saturated rings. The maximum absolute atomic E-state index is 12.5. The average molecular weight is 313 g/mol. The maximum Gasteiger partial charge on any atom is 0.229 e. The van der Waals surface area contributed by atoms with Crippen LogP contribution in [0.4, 0.5) is 5.69 Å². The summed E-state index contributed by atoms with van der Waals surface area (Å²) in [6.45, 7) is 0.543. The van der Waals surface area contributed by atoms with Crippen molar-refractivity contribution in [2.75, 3.05) is 11.9 Å². The van der Waals surface area contributed by atoms with Gasteiger partial charge < -0.3 is 10.2 Å². The fraction of sp³-hybridized carbons (Fsp3) is 0.500. The number of H-pyrrole nitrogens is 1. The standard InChI is InChI=1S/C16H19N5O2/c22-15-7-10(9-21(15)12-3-1-2-4-12)16(23)17-11-5-6-13-14(8-11)19-20-18-13/h5-6,8,10,12H,1-4,7,9H2,(H,17,23)(H,18,19,20). The van der Waals surface area contributed by atoms with Crippen LogP contribution in [0.2, 0.25) is 0 Å². The molecule has 2 aromatic rings. The molecule has 1 saturated heterocycles. The third-order valence-corrected chi connectivity index (χ3v) is 4.88. The molecule has 1 saturated carbocycles. The summed E-state index contributed by atoms with van der Waals surface area (Å²) in [4.78, 5) is 26.6. The van der Waals surface area contributed by atoms with Crippen molar-refractivity contribution in [2.24, 2.45) is 5.92 Å². The lowest BCUT2D eigenvalue weighted by molar-refractivity contribution is -0.129. The fourth-order valence-corrected chi connectivity index (χ4v) is 3.64.